The SMILES string of the molecule is O=P(c1ccccc1)(c1ccccc1)c1ccc2c(c1)n(-c1cc3ccccc3c3ccccc13)c1c3ccc(-n4c5ccccc5c5ccccc54)cc3n(-c3cc4ccccc4c4ccccc34)c21. The first-order valence-electron chi connectivity index (χ1n) is 24.3. The van der Waals surface area contributed by atoms with E-state index in [9.17, 15) is 0 Å². The molecule has 0 radical (unpaired) electrons. The third-order valence-corrected chi connectivity index (χ3v) is 18.1. The lowest BCUT2D eigenvalue weighted by Crippen LogP contribution is -2.25. The molecule has 0 saturated heterocycles. The number of hydrogen-bond acceptors (Lipinski definition) is 1. The molecule has 12 aromatic carbocycles. The topological polar surface area (TPSA) is 31.9 Å². The molecule has 15 aromatic rings. The van der Waals surface area contributed by atoms with Crippen molar-refractivity contribution in [1.29, 1.82) is 0 Å². The molecule has 3 aromatic heterocycles. The van der Waals surface area contributed by atoms with Crippen molar-refractivity contribution >= 4 is 121 Å². The number of aromatic nitrogens is 3. The molecule has 71 heavy (non-hydrogen) atoms. The normalized spacial score (nSPS) is 12.3. The predicted octanol–water partition coefficient (Wildman–Crippen LogP) is 16.1. The van der Waals surface area contributed by atoms with Crippen LogP contribution in [0.4, 0.5) is 0 Å². The Hall–Kier alpha value is -8.95. The van der Waals surface area contributed by atoms with Gasteiger partial charge in [0, 0.05) is 53.9 Å². The average Bonchev–Trinajstić information content (AvgIpc) is 4.08. The summed E-state index contributed by atoms with van der Waals surface area (Å²) in [7, 11) is -3.38. The van der Waals surface area contributed by atoms with Crippen LogP contribution in [-0.2, 0) is 4.57 Å². The molecule has 0 N–H and O–H groups in total. The smallest absolute Gasteiger partial charge is 0.171 e. The van der Waals surface area contributed by atoms with E-state index in [0.717, 1.165) is 76.6 Å². The summed E-state index contributed by atoms with van der Waals surface area (Å²) in [6.07, 6.45) is 0. The molecular formula is C66H42N3OP. The van der Waals surface area contributed by atoms with Crippen LogP contribution >= 0.6 is 7.14 Å². The Morgan fingerprint density at radius 1 is 0.254 bits per heavy atom. The molecular weight excluding hydrogens is 882 g/mol. The summed E-state index contributed by atoms with van der Waals surface area (Å²) in [5.41, 5.74) is 9.86. The van der Waals surface area contributed by atoms with Gasteiger partial charge in [-0.25, -0.2) is 0 Å². The highest BCUT2D eigenvalue weighted by Crippen LogP contribution is 2.48. The first-order valence-corrected chi connectivity index (χ1v) is 26.0. The van der Waals surface area contributed by atoms with E-state index in [4.69, 9.17) is 0 Å². The molecule has 0 aliphatic rings. The van der Waals surface area contributed by atoms with Crippen molar-refractivity contribution in [3.63, 3.8) is 0 Å². The van der Waals surface area contributed by atoms with E-state index in [1.165, 1.54) is 54.1 Å². The zero-order valence-electron chi connectivity index (χ0n) is 38.4. The minimum atomic E-state index is -3.38. The van der Waals surface area contributed by atoms with Crippen LogP contribution in [0, 0.1) is 0 Å². The second kappa shape index (κ2) is 15.3. The van der Waals surface area contributed by atoms with E-state index in [2.05, 4.69) is 208 Å². The molecule has 15 rings (SSSR count). The molecule has 3 heterocycles. The Kier molecular flexibility index (Phi) is 8.60. The summed E-state index contributed by atoms with van der Waals surface area (Å²) in [5.74, 6) is 0. The van der Waals surface area contributed by atoms with Crippen molar-refractivity contribution in [1.82, 2.24) is 13.7 Å². The second-order valence-electron chi connectivity index (χ2n) is 18.7. The van der Waals surface area contributed by atoms with Crippen molar-refractivity contribution in [2.45, 2.75) is 0 Å². The van der Waals surface area contributed by atoms with Gasteiger partial charge in [-0.2, -0.15) is 0 Å². The Balaban J connectivity index is 1.15. The third kappa shape index (κ3) is 5.71. The minimum absolute atomic E-state index is 0.787. The van der Waals surface area contributed by atoms with Gasteiger partial charge < -0.3 is 18.3 Å². The molecule has 0 aliphatic heterocycles. The zero-order chi connectivity index (χ0) is 46.8. The van der Waals surface area contributed by atoms with Gasteiger partial charge >= 0.3 is 0 Å². The van der Waals surface area contributed by atoms with Gasteiger partial charge in [0.15, 0.2) is 7.14 Å². The molecule has 0 amide bonds. The van der Waals surface area contributed by atoms with E-state index >= 15 is 4.57 Å². The van der Waals surface area contributed by atoms with Crippen LogP contribution in [0.15, 0.2) is 255 Å². The Morgan fingerprint density at radius 2 is 0.648 bits per heavy atom. The van der Waals surface area contributed by atoms with Crippen LogP contribution in [0.1, 0.15) is 0 Å². The van der Waals surface area contributed by atoms with Gasteiger partial charge in [-0.15, -0.1) is 0 Å². The van der Waals surface area contributed by atoms with Crippen LogP contribution < -0.4 is 15.9 Å². The fourth-order valence-corrected chi connectivity index (χ4v) is 14.6. The van der Waals surface area contributed by atoms with Gasteiger partial charge in [0.05, 0.1) is 44.5 Å². The van der Waals surface area contributed by atoms with Crippen molar-refractivity contribution in [2.24, 2.45) is 0 Å². The Labute approximate surface area is 408 Å². The third-order valence-electron chi connectivity index (χ3n) is 15.0. The van der Waals surface area contributed by atoms with Crippen LogP contribution in [0.3, 0.4) is 0 Å². The number of para-hydroxylation sites is 2. The molecule has 0 bridgehead atoms. The Morgan fingerprint density at radius 3 is 1.15 bits per heavy atom. The van der Waals surface area contributed by atoms with Crippen LogP contribution in [0.2, 0.25) is 0 Å². The maximum atomic E-state index is 16.3. The molecule has 4 nitrogen and oxygen atoms in total. The van der Waals surface area contributed by atoms with Crippen molar-refractivity contribution in [2.75, 3.05) is 0 Å². The van der Waals surface area contributed by atoms with Gasteiger partial charge in [-0.1, -0.05) is 200 Å². The quantitative estimate of drug-likeness (QED) is 0.121. The minimum Gasteiger partial charge on any atom is -0.309 e. The number of rotatable bonds is 6. The van der Waals surface area contributed by atoms with E-state index in [0.29, 0.717) is 0 Å². The molecule has 0 saturated carbocycles. The predicted molar refractivity (Wildman–Crippen MR) is 301 cm³/mol. The number of nitrogens with zero attached hydrogens (tertiary/aromatic N) is 3. The maximum Gasteiger partial charge on any atom is 0.171 e. The van der Waals surface area contributed by atoms with Crippen molar-refractivity contribution < 1.29 is 4.57 Å². The van der Waals surface area contributed by atoms with Crippen molar-refractivity contribution in [3.05, 3.63) is 255 Å². The summed E-state index contributed by atoms with van der Waals surface area (Å²) in [6, 6.07) is 91.1. The maximum absolute atomic E-state index is 16.3. The van der Waals surface area contributed by atoms with Gasteiger partial charge in [-0.05, 0) is 86.9 Å². The first-order chi connectivity index (χ1) is 35.1. The number of benzene rings is 12. The number of fused-ring (bicyclic) bond motifs is 14. The summed E-state index contributed by atoms with van der Waals surface area (Å²) < 4.78 is 23.8. The average molecular weight is 924 g/mol. The fourth-order valence-electron chi connectivity index (χ4n) is 12.0. The molecule has 0 unspecified atom stereocenters. The number of hydrogen-bond donors (Lipinski definition) is 0. The van der Waals surface area contributed by atoms with Crippen LogP contribution in [-0.4, -0.2) is 13.7 Å². The highest BCUT2D eigenvalue weighted by Gasteiger charge is 2.32. The van der Waals surface area contributed by atoms with Gasteiger partial charge in [0.25, 0.3) is 0 Å². The van der Waals surface area contributed by atoms with Crippen LogP contribution in [0.25, 0.3) is 115 Å². The fraction of sp³-hybridized carbons (Fsp3) is 0. The highest BCUT2D eigenvalue weighted by atomic mass is 31.2. The molecule has 0 fully saturated rings. The summed E-state index contributed by atoms with van der Waals surface area (Å²) in [5, 5.41) is 16.5. The largest absolute Gasteiger partial charge is 0.309 e. The van der Waals surface area contributed by atoms with Crippen LogP contribution in [0.5, 0.6) is 0 Å². The molecule has 332 valence electrons. The van der Waals surface area contributed by atoms with E-state index < -0.39 is 7.14 Å². The summed E-state index contributed by atoms with van der Waals surface area (Å²) in [4.78, 5) is 0. The van der Waals surface area contributed by atoms with Crippen molar-refractivity contribution in [3.8, 4) is 17.1 Å². The molecule has 0 aliphatic carbocycles. The standard InChI is InChI=1S/C66H42N3OP/c70-71(46-21-3-1-4-22-46,47-23-5-2-6-24-47)48-36-38-58-64(42-48)69(62-40-44-20-8-10-26-50(44)52-28-12-14-30-54(52)62)65-57-37-35-45(67-59-33-17-15-31-55(59)56-32-16-18-34-60(56)67)41-63(57)68(66(58)65)61-39-43-19-7-9-25-49(43)51-27-11-13-29-53(51)61/h1-42H. The molecule has 5 heteroatoms. The lowest BCUT2D eigenvalue weighted by Gasteiger charge is -2.21. The van der Waals surface area contributed by atoms with Gasteiger partial charge in [-0.3, -0.25) is 0 Å². The van der Waals surface area contributed by atoms with E-state index in [1.54, 1.807) is 0 Å². The van der Waals surface area contributed by atoms with E-state index in [1.807, 2.05) is 60.7 Å². The lowest BCUT2D eigenvalue weighted by atomic mass is 10.00. The second-order valence-corrected chi connectivity index (χ2v) is 21.5. The zero-order valence-corrected chi connectivity index (χ0v) is 39.3. The van der Waals surface area contributed by atoms with Gasteiger partial charge in [0.2, 0.25) is 0 Å². The highest BCUT2D eigenvalue weighted by molar-refractivity contribution is 7.85. The Bertz CT molecular complexity index is 4640. The summed E-state index contributed by atoms with van der Waals surface area (Å²) >= 11 is 0. The summed E-state index contributed by atoms with van der Waals surface area (Å²) in [6.45, 7) is 0. The first kappa shape index (κ1) is 40.0. The van der Waals surface area contributed by atoms with E-state index in [-0.39, 0.29) is 0 Å². The molecule has 0 atom stereocenters. The lowest BCUT2D eigenvalue weighted by molar-refractivity contribution is 0.592. The van der Waals surface area contributed by atoms with Gasteiger partial charge in [0.1, 0.15) is 0 Å². The monoisotopic (exact) mass is 923 g/mol. The molecule has 0 spiro atoms.